The molecular formula is C18H18BrClN2O6S. The number of ether oxygens (including phenoxy) is 1. The highest BCUT2D eigenvalue weighted by Gasteiger charge is 2.24. The van der Waals surface area contributed by atoms with Crippen LogP contribution >= 0.6 is 27.5 Å². The second-order valence-corrected chi connectivity index (χ2v) is 9.42. The maximum absolute atomic E-state index is 12.7. The van der Waals surface area contributed by atoms with E-state index in [4.69, 9.17) is 16.3 Å². The van der Waals surface area contributed by atoms with Crippen molar-refractivity contribution in [2.75, 3.05) is 17.9 Å². The smallest absolute Gasteiger partial charge is 0.265 e. The lowest BCUT2D eigenvalue weighted by Gasteiger charge is -2.15. The first-order valence-corrected chi connectivity index (χ1v) is 11.3. The summed E-state index contributed by atoms with van der Waals surface area (Å²) in [6.45, 7) is 0.898. The molecule has 1 aliphatic heterocycles. The average molecular weight is 506 g/mol. The van der Waals surface area contributed by atoms with Crippen molar-refractivity contribution < 1.29 is 28.2 Å². The fourth-order valence-electron chi connectivity index (χ4n) is 2.86. The summed E-state index contributed by atoms with van der Waals surface area (Å²) in [5.74, 6) is -1.68. The van der Waals surface area contributed by atoms with Crippen molar-refractivity contribution in [3.63, 3.8) is 0 Å². The third kappa shape index (κ3) is 5.13. The van der Waals surface area contributed by atoms with E-state index in [9.17, 15) is 23.4 Å². The molecule has 0 radical (unpaired) electrons. The normalized spacial score (nSPS) is 16.6. The summed E-state index contributed by atoms with van der Waals surface area (Å²) in [4.78, 5) is 12.0. The highest BCUT2D eigenvalue weighted by molar-refractivity contribution is 9.10. The number of halogens is 2. The maximum atomic E-state index is 12.7. The van der Waals surface area contributed by atoms with Gasteiger partial charge >= 0.3 is 0 Å². The molecular weight excluding hydrogens is 488 g/mol. The van der Waals surface area contributed by atoms with Gasteiger partial charge in [0.2, 0.25) is 0 Å². The van der Waals surface area contributed by atoms with E-state index in [1.54, 1.807) is 0 Å². The van der Waals surface area contributed by atoms with Gasteiger partial charge in [0.15, 0.2) is 5.75 Å². The van der Waals surface area contributed by atoms with Gasteiger partial charge in [0.05, 0.1) is 17.4 Å². The summed E-state index contributed by atoms with van der Waals surface area (Å²) in [5, 5.41) is 23.0. The standard InChI is InChI=1S/C18H18BrClN2O6S/c19-10-3-4-15(23)16(6-10)29(26,27)22-14-8-11(20)7-13(17(14)24)18(25)21-9-12-2-1-5-28-12/h3-4,6-8,12,22-24H,1-2,5,9H2,(H,21,25). The third-order valence-corrected chi connectivity index (χ3v) is 6.40. The van der Waals surface area contributed by atoms with Crippen LogP contribution in [-0.2, 0) is 14.8 Å². The Kier molecular flexibility index (Phi) is 6.57. The number of carbonyl (C=O) groups excluding carboxylic acids is 1. The minimum atomic E-state index is -4.27. The number of hydrogen-bond acceptors (Lipinski definition) is 6. The highest BCUT2D eigenvalue weighted by Crippen LogP contribution is 2.35. The fraction of sp³-hybridized carbons (Fsp3) is 0.278. The molecule has 29 heavy (non-hydrogen) atoms. The molecule has 3 rings (SSSR count). The zero-order chi connectivity index (χ0) is 21.2. The van der Waals surface area contributed by atoms with E-state index in [2.05, 4.69) is 26.0 Å². The summed E-state index contributed by atoms with van der Waals surface area (Å²) < 4.78 is 33.3. The molecule has 1 heterocycles. The van der Waals surface area contributed by atoms with Gasteiger partial charge in [-0.3, -0.25) is 9.52 Å². The molecule has 156 valence electrons. The van der Waals surface area contributed by atoms with Gasteiger partial charge in [-0.25, -0.2) is 8.42 Å². The number of phenols is 2. The van der Waals surface area contributed by atoms with Gasteiger partial charge in [-0.05, 0) is 43.2 Å². The number of sulfonamides is 1. The van der Waals surface area contributed by atoms with Crippen LogP contribution in [0.5, 0.6) is 11.5 Å². The quantitative estimate of drug-likeness (QED) is 0.447. The number of benzene rings is 2. The summed E-state index contributed by atoms with van der Waals surface area (Å²) in [7, 11) is -4.27. The number of amides is 1. The maximum Gasteiger partial charge on any atom is 0.265 e. The number of hydrogen-bond donors (Lipinski definition) is 4. The zero-order valence-electron chi connectivity index (χ0n) is 15.0. The van der Waals surface area contributed by atoms with Gasteiger partial charge in [-0.2, -0.15) is 0 Å². The van der Waals surface area contributed by atoms with Crippen molar-refractivity contribution in [2.24, 2.45) is 0 Å². The molecule has 1 saturated heterocycles. The molecule has 0 saturated carbocycles. The lowest BCUT2D eigenvalue weighted by molar-refractivity contribution is 0.0855. The van der Waals surface area contributed by atoms with Gasteiger partial charge in [-0.1, -0.05) is 27.5 Å². The van der Waals surface area contributed by atoms with E-state index in [0.29, 0.717) is 11.1 Å². The third-order valence-electron chi connectivity index (χ3n) is 4.29. The number of phenolic OH excluding ortho intramolecular Hbond substituents is 2. The Hall–Kier alpha value is -2.01. The van der Waals surface area contributed by atoms with Crippen molar-refractivity contribution >= 4 is 49.1 Å². The summed E-state index contributed by atoms with van der Waals surface area (Å²) in [5.41, 5.74) is -0.481. The molecule has 2 aromatic rings. The Morgan fingerprint density at radius 1 is 1.28 bits per heavy atom. The van der Waals surface area contributed by atoms with Gasteiger partial charge < -0.3 is 20.3 Å². The molecule has 0 aromatic heterocycles. The molecule has 8 nitrogen and oxygen atoms in total. The lowest BCUT2D eigenvalue weighted by Crippen LogP contribution is -2.31. The van der Waals surface area contributed by atoms with E-state index in [-0.39, 0.29) is 28.9 Å². The first kappa shape index (κ1) is 21.7. The van der Waals surface area contributed by atoms with Crippen LogP contribution in [-0.4, -0.2) is 43.8 Å². The molecule has 0 aliphatic carbocycles. The number of nitrogens with one attached hydrogen (secondary N) is 2. The average Bonchev–Trinajstić information content (AvgIpc) is 3.17. The topological polar surface area (TPSA) is 125 Å². The minimum absolute atomic E-state index is 0.0428. The number of rotatable bonds is 6. The van der Waals surface area contributed by atoms with Crippen molar-refractivity contribution in [2.45, 2.75) is 23.8 Å². The molecule has 0 spiro atoms. The van der Waals surface area contributed by atoms with Crippen LogP contribution in [0.15, 0.2) is 39.7 Å². The van der Waals surface area contributed by atoms with Crippen LogP contribution in [0.1, 0.15) is 23.2 Å². The van der Waals surface area contributed by atoms with Crippen molar-refractivity contribution in [1.29, 1.82) is 0 Å². The Morgan fingerprint density at radius 3 is 2.72 bits per heavy atom. The summed E-state index contributed by atoms with van der Waals surface area (Å²) >= 11 is 9.16. The van der Waals surface area contributed by atoms with Gasteiger partial charge in [0.1, 0.15) is 10.6 Å². The van der Waals surface area contributed by atoms with Gasteiger partial charge in [-0.15, -0.1) is 0 Å². The predicted molar refractivity (Wildman–Crippen MR) is 111 cm³/mol. The molecule has 1 amide bonds. The second kappa shape index (κ2) is 8.78. The lowest BCUT2D eigenvalue weighted by atomic mass is 10.1. The fourth-order valence-corrected chi connectivity index (χ4v) is 4.77. The van der Waals surface area contributed by atoms with Crippen LogP contribution in [0.3, 0.4) is 0 Å². The van der Waals surface area contributed by atoms with Gasteiger partial charge in [0, 0.05) is 22.6 Å². The molecule has 1 aliphatic rings. The Morgan fingerprint density at radius 2 is 2.03 bits per heavy atom. The van der Waals surface area contributed by atoms with Crippen molar-refractivity contribution in [1.82, 2.24) is 5.32 Å². The van der Waals surface area contributed by atoms with E-state index in [1.165, 1.54) is 30.3 Å². The molecule has 1 unspecified atom stereocenters. The molecule has 0 bridgehead atoms. The first-order valence-electron chi connectivity index (χ1n) is 8.61. The zero-order valence-corrected chi connectivity index (χ0v) is 18.1. The minimum Gasteiger partial charge on any atom is -0.507 e. The Balaban J connectivity index is 1.86. The van der Waals surface area contributed by atoms with Crippen LogP contribution in [0, 0.1) is 0 Å². The van der Waals surface area contributed by atoms with E-state index in [1.807, 2.05) is 0 Å². The first-order chi connectivity index (χ1) is 13.7. The van der Waals surface area contributed by atoms with Crippen LogP contribution in [0.2, 0.25) is 5.02 Å². The number of carbonyl (C=O) groups is 1. The Bertz CT molecular complexity index is 1040. The number of anilines is 1. The Labute approximate surface area is 181 Å². The van der Waals surface area contributed by atoms with E-state index in [0.717, 1.165) is 12.8 Å². The number of aromatic hydroxyl groups is 2. The molecule has 4 N–H and O–H groups in total. The van der Waals surface area contributed by atoms with E-state index < -0.39 is 32.3 Å². The monoisotopic (exact) mass is 504 g/mol. The van der Waals surface area contributed by atoms with Crippen molar-refractivity contribution in [3.05, 3.63) is 45.4 Å². The van der Waals surface area contributed by atoms with Crippen LogP contribution in [0.25, 0.3) is 0 Å². The molecule has 1 atom stereocenters. The molecule has 2 aromatic carbocycles. The summed E-state index contributed by atoms with van der Waals surface area (Å²) in [6.07, 6.45) is 1.64. The largest absolute Gasteiger partial charge is 0.507 e. The second-order valence-electron chi connectivity index (χ2n) is 6.41. The van der Waals surface area contributed by atoms with Crippen LogP contribution in [0.4, 0.5) is 5.69 Å². The van der Waals surface area contributed by atoms with E-state index >= 15 is 0 Å². The molecule has 11 heteroatoms. The van der Waals surface area contributed by atoms with Crippen LogP contribution < -0.4 is 10.0 Å². The summed E-state index contributed by atoms with van der Waals surface area (Å²) in [6, 6.07) is 6.28. The predicted octanol–water partition coefficient (Wildman–Crippen LogP) is 3.22. The van der Waals surface area contributed by atoms with Gasteiger partial charge in [0.25, 0.3) is 15.9 Å². The molecule has 1 fully saturated rings. The highest BCUT2D eigenvalue weighted by atomic mass is 79.9. The SMILES string of the molecule is O=C(NCC1CCCO1)c1cc(Cl)cc(NS(=O)(=O)c2cc(Br)ccc2O)c1O. The van der Waals surface area contributed by atoms with Crippen molar-refractivity contribution in [3.8, 4) is 11.5 Å².